The molecule has 0 bridgehead atoms. The third-order valence-electron chi connectivity index (χ3n) is 5.80. The van der Waals surface area contributed by atoms with Crippen LogP contribution in [0.4, 0.5) is 0 Å². The number of hydrogen-bond acceptors (Lipinski definition) is 0. The average Bonchev–Trinajstić information content (AvgIpc) is 2.94. The normalized spacial score (nSPS) is 9.74. The monoisotopic (exact) mass is 521 g/mol. The summed E-state index contributed by atoms with van der Waals surface area (Å²) >= 11 is 0. The summed E-state index contributed by atoms with van der Waals surface area (Å²) in [5.41, 5.74) is 7.42. The molecular formula is C36H40ClN. The van der Waals surface area contributed by atoms with Gasteiger partial charge >= 0.3 is 0 Å². The molecule has 0 saturated carbocycles. The molecule has 0 amide bonds. The maximum absolute atomic E-state index is 3.90. The van der Waals surface area contributed by atoms with E-state index in [1.807, 2.05) is 78.9 Å². The maximum atomic E-state index is 3.90. The highest BCUT2D eigenvalue weighted by Crippen LogP contribution is 2.18. The molecule has 0 heterocycles. The molecule has 0 N–H and O–H groups in total. The van der Waals surface area contributed by atoms with Crippen molar-refractivity contribution in [2.24, 2.45) is 0 Å². The van der Waals surface area contributed by atoms with E-state index in [1.165, 1.54) is 22.3 Å². The first-order valence-corrected chi connectivity index (χ1v) is 12.5. The van der Waals surface area contributed by atoms with Gasteiger partial charge in [0, 0.05) is 11.1 Å². The predicted octanol–water partition coefficient (Wildman–Crippen LogP) is 6.41. The van der Waals surface area contributed by atoms with Crippen LogP contribution in [0.25, 0.3) is 24.3 Å². The number of quaternary nitrogens is 1. The highest BCUT2D eigenvalue weighted by atomic mass is 35.5. The van der Waals surface area contributed by atoms with Crippen LogP contribution in [-0.2, 0) is 13.1 Å². The second kappa shape index (κ2) is 17.5. The number of halogens is 1. The molecule has 0 aromatic heterocycles. The molecule has 4 aromatic rings. The van der Waals surface area contributed by atoms with E-state index in [1.54, 1.807) is 0 Å². The Labute approximate surface area is 236 Å². The molecule has 0 aliphatic heterocycles. The Balaban J connectivity index is 0.000000319. The van der Waals surface area contributed by atoms with Crippen LogP contribution in [0.15, 0.2) is 136 Å². The van der Waals surface area contributed by atoms with E-state index in [9.17, 15) is 0 Å². The van der Waals surface area contributed by atoms with Gasteiger partial charge in [0.25, 0.3) is 0 Å². The van der Waals surface area contributed by atoms with Gasteiger partial charge in [-0.1, -0.05) is 160 Å². The van der Waals surface area contributed by atoms with Gasteiger partial charge in [0.2, 0.25) is 0 Å². The fraction of sp³-hybridized carbons (Fsp3) is 0.111. The fourth-order valence-corrected chi connectivity index (χ4v) is 3.94. The molecule has 0 fully saturated rings. The molecule has 4 rings (SSSR count). The molecule has 0 saturated heterocycles. The van der Waals surface area contributed by atoms with Gasteiger partial charge < -0.3 is 16.9 Å². The van der Waals surface area contributed by atoms with E-state index in [0.717, 1.165) is 28.7 Å². The molecule has 0 aliphatic rings. The second-order valence-corrected chi connectivity index (χ2v) is 9.29. The standard InChI is InChI=1S/C18H22N.C10H10.C8H8.ClH/c1-4-17-12-8-9-13-18(17)15-19(2,3)14-16-10-6-5-7-11-16;1-3-9-7-5-6-8-10(9)4-2;1-2-8-6-4-3-5-7-8;/h4-13H,1,14-15H2,2-3H3;3-8H,1-2H2;2-7H,1H2;1H/q+1;;;/p-1. The van der Waals surface area contributed by atoms with E-state index in [0.29, 0.717) is 0 Å². The summed E-state index contributed by atoms with van der Waals surface area (Å²) in [6.45, 7) is 17.0. The largest absolute Gasteiger partial charge is 1.00 e. The van der Waals surface area contributed by atoms with Crippen LogP contribution in [0.3, 0.4) is 0 Å². The molecule has 196 valence electrons. The van der Waals surface area contributed by atoms with Crippen molar-refractivity contribution in [1.82, 2.24) is 0 Å². The van der Waals surface area contributed by atoms with Crippen LogP contribution in [0.5, 0.6) is 0 Å². The van der Waals surface area contributed by atoms with Crippen LogP contribution < -0.4 is 12.4 Å². The van der Waals surface area contributed by atoms with Gasteiger partial charge in [-0.05, 0) is 22.3 Å². The summed E-state index contributed by atoms with van der Waals surface area (Å²) < 4.78 is 0.939. The zero-order valence-electron chi connectivity index (χ0n) is 22.8. The van der Waals surface area contributed by atoms with Crippen molar-refractivity contribution < 1.29 is 16.9 Å². The van der Waals surface area contributed by atoms with E-state index in [4.69, 9.17) is 0 Å². The zero-order chi connectivity index (χ0) is 26.9. The molecule has 1 nitrogen and oxygen atoms in total. The van der Waals surface area contributed by atoms with Gasteiger partial charge in [-0.15, -0.1) is 0 Å². The Hall–Kier alpha value is -3.91. The number of hydrogen-bond donors (Lipinski definition) is 0. The summed E-state index contributed by atoms with van der Waals surface area (Å²) in [7, 11) is 4.54. The van der Waals surface area contributed by atoms with Gasteiger partial charge in [-0.2, -0.15) is 0 Å². The van der Waals surface area contributed by atoms with Gasteiger partial charge in [0.05, 0.1) is 14.1 Å². The summed E-state index contributed by atoms with van der Waals surface area (Å²) in [5.74, 6) is 0. The smallest absolute Gasteiger partial charge is 0.105 e. The summed E-state index contributed by atoms with van der Waals surface area (Å²) in [6, 6.07) is 37.2. The van der Waals surface area contributed by atoms with Gasteiger partial charge in [-0.25, -0.2) is 0 Å². The van der Waals surface area contributed by atoms with Gasteiger partial charge in [0.1, 0.15) is 13.1 Å². The van der Waals surface area contributed by atoms with Crippen LogP contribution in [0, 0.1) is 0 Å². The predicted molar refractivity (Wildman–Crippen MR) is 166 cm³/mol. The van der Waals surface area contributed by atoms with E-state index >= 15 is 0 Å². The quantitative estimate of drug-likeness (QED) is 0.235. The van der Waals surface area contributed by atoms with Crippen molar-refractivity contribution in [3.63, 3.8) is 0 Å². The average molecular weight is 522 g/mol. The SMILES string of the molecule is C=Cc1ccccc1.C=Cc1ccccc1C=C.C=Cc1ccccc1C[N+](C)(C)Cc1ccccc1.[Cl-]. The van der Waals surface area contributed by atoms with E-state index < -0.39 is 0 Å². The second-order valence-electron chi connectivity index (χ2n) is 9.29. The maximum Gasteiger partial charge on any atom is 0.105 e. The minimum absolute atomic E-state index is 0. The fourth-order valence-electron chi connectivity index (χ4n) is 3.94. The minimum Gasteiger partial charge on any atom is -1.00 e. The lowest BCUT2D eigenvalue weighted by molar-refractivity contribution is -0.916. The molecular weight excluding hydrogens is 482 g/mol. The number of benzene rings is 4. The Morgan fingerprint density at radius 2 is 0.921 bits per heavy atom. The van der Waals surface area contributed by atoms with Crippen molar-refractivity contribution in [3.8, 4) is 0 Å². The highest BCUT2D eigenvalue weighted by molar-refractivity contribution is 5.63. The highest BCUT2D eigenvalue weighted by Gasteiger charge is 2.17. The molecule has 2 heteroatoms. The topological polar surface area (TPSA) is 0 Å². The third kappa shape index (κ3) is 11.4. The lowest BCUT2D eigenvalue weighted by Gasteiger charge is -2.30. The number of nitrogens with zero attached hydrogens (tertiary/aromatic N) is 1. The lowest BCUT2D eigenvalue weighted by Crippen LogP contribution is -3.00. The van der Waals surface area contributed by atoms with E-state index in [-0.39, 0.29) is 12.4 Å². The molecule has 0 aliphatic carbocycles. The summed E-state index contributed by atoms with van der Waals surface area (Å²) in [5, 5.41) is 0. The van der Waals surface area contributed by atoms with Crippen LogP contribution >= 0.6 is 0 Å². The van der Waals surface area contributed by atoms with Crippen LogP contribution in [0.1, 0.15) is 33.4 Å². The van der Waals surface area contributed by atoms with Crippen LogP contribution in [0.2, 0.25) is 0 Å². The Morgan fingerprint density at radius 3 is 1.37 bits per heavy atom. The number of rotatable bonds is 8. The van der Waals surface area contributed by atoms with Crippen molar-refractivity contribution in [1.29, 1.82) is 0 Å². The van der Waals surface area contributed by atoms with Crippen LogP contribution in [-0.4, -0.2) is 18.6 Å². The first-order chi connectivity index (χ1) is 17.9. The molecule has 0 spiro atoms. The Bertz CT molecular complexity index is 1230. The minimum atomic E-state index is 0. The first-order valence-electron chi connectivity index (χ1n) is 12.5. The molecule has 0 unspecified atom stereocenters. The van der Waals surface area contributed by atoms with Crippen molar-refractivity contribution in [2.45, 2.75) is 13.1 Å². The Kier molecular flexibility index (Phi) is 14.8. The summed E-state index contributed by atoms with van der Waals surface area (Å²) in [6.07, 6.45) is 7.44. The molecule has 0 atom stereocenters. The molecule has 38 heavy (non-hydrogen) atoms. The van der Waals surface area contributed by atoms with Crippen molar-refractivity contribution >= 4 is 24.3 Å². The van der Waals surface area contributed by atoms with Gasteiger partial charge in [-0.3, -0.25) is 0 Å². The Morgan fingerprint density at radius 1 is 0.500 bits per heavy atom. The molecule has 4 aromatic carbocycles. The van der Waals surface area contributed by atoms with E-state index in [2.05, 4.69) is 95.0 Å². The van der Waals surface area contributed by atoms with Crippen molar-refractivity contribution in [2.75, 3.05) is 14.1 Å². The lowest BCUT2D eigenvalue weighted by atomic mass is 10.1. The summed E-state index contributed by atoms with van der Waals surface area (Å²) in [4.78, 5) is 0. The third-order valence-corrected chi connectivity index (χ3v) is 5.80. The van der Waals surface area contributed by atoms with Crippen molar-refractivity contribution in [3.05, 3.63) is 169 Å². The first kappa shape index (κ1) is 32.1. The molecule has 0 radical (unpaired) electrons. The van der Waals surface area contributed by atoms with Gasteiger partial charge in [0.15, 0.2) is 0 Å². The zero-order valence-corrected chi connectivity index (χ0v) is 23.5.